The predicted octanol–water partition coefficient (Wildman–Crippen LogP) is 4.21. The Bertz CT molecular complexity index is 924. The Labute approximate surface area is 164 Å². The quantitative estimate of drug-likeness (QED) is 0.442. The van der Waals surface area contributed by atoms with Crippen LogP contribution < -0.4 is 15.1 Å². The summed E-state index contributed by atoms with van der Waals surface area (Å²) < 4.78 is 105. The molecule has 3 rings (SSSR count). The topological polar surface area (TPSA) is 35.6 Å². The first-order valence-corrected chi connectivity index (χ1v) is 8.50. The van der Waals surface area contributed by atoms with Crippen LogP contribution in [0.5, 0.6) is 0 Å². The molecule has 0 aromatic heterocycles. The normalized spacial score (nSPS) is 14.8. The molecule has 12 heteroatoms. The first-order chi connectivity index (χ1) is 14.0. The van der Waals surface area contributed by atoms with Gasteiger partial charge in [0.15, 0.2) is 23.3 Å². The molecule has 0 bridgehead atoms. The zero-order chi connectivity index (χ0) is 22.2. The Balaban J connectivity index is 1.69. The van der Waals surface area contributed by atoms with E-state index in [9.17, 15) is 39.9 Å². The van der Waals surface area contributed by atoms with Gasteiger partial charge in [0.25, 0.3) is 0 Å². The summed E-state index contributed by atoms with van der Waals surface area (Å²) in [6.07, 6.45) is -5.03. The molecule has 1 amide bonds. The van der Waals surface area contributed by atoms with Crippen LogP contribution in [0.25, 0.3) is 0 Å². The fraction of sp³-hybridized carbons (Fsp3) is 0.278. The third-order valence-corrected chi connectivity index (χ3v) is 4.53. The van der Waals surface area contributed by atoms with Crippen molar-refractivity contribution in [1.82, 2.24) is 0 Å². The number of hydrogen-bond donors (Lipinski definition) is 1. The second-order valence-corrected chi connectivity index (χ2v) is 6.39. The number of amides is 1. The zero-order valence-electron chi connectivity index (χ0n) is 15.0. The number of nitrogens with zero attached hydrogens (tertiary/aromatic N) is 2. The number of piperazine rings is 1. The molecule has 1 saturated heterocycles. The fourth-order valence-corrected chi connectivity index (χ4v) is 3.02. The van der Waals surface area contributed by atoms with Crippen LogP contribution in [-0.4, -0.2) is 38.3 Å². The number of nitrogens with one attached hydrogen (secondary N) is 1. The molecule has 0 saturated carbocycles. The number of hydrogen-bond acceptors (Lipinski definition) is 3. The first-order valence-electron chi connectivity index (χ1n) is 8.50. The minimum absolute atomic E-state index is 0.0646. The Kier molecular flexibility index (Phi) is 5.77. The number of alkyl halides is 3. The van der Waals surface area contributed by atoms with Crippen LogP contribution in [0.2, 0.25) is 0 Å². The third kappa shape index (κ3) is 4.12. The Morgan fingerprint density at radius 3 is 1.63 bits per heavy atom. The lowest BCUT2D eigenvalue weighted by Crippen LogP contribution is -2.47. The van der Waals surface area contributed by atoms with Crippen molar-refractivity contribution >= 4 is 23.0 Å². The molecule has 30 heavy (non-hydrogen) atoms. The van der Waals surface area contributed by atoms with Crippen LogP contribution in [-0.2, 0) is 4.79 Å². The van der Waals surface area contributed by atoms with E-state index in [0.29, 0.717) is 5.69 Å². The van der Waals surface area contributed by atoms with Crippen molar-refractivity contribution in [2.45, 2.75) is 6.18 Å². The van der Waals surface area contributed by atoms with E-state index in [1.165, 1.54) is 24.3 Å². The number of halogens is 8. The summed E-state index contributed by atoms with van der Waals surface area (Å²) in [4.78, 5) is 13.7. The van der Waals surface area contributed by atoms with Crippen molar-refractivity contribution < 1.29 is 39.9 Å². The Morgan fingerprint density at radius 2 is 1.17 bits per heavy atom. The summed E-state index contributed by atoms with van der Waals surface area (Å²) in [6.45, 7) is 0.164. The summed E-state index contributed by atoms with van der Waals surface area (Å²) in [5, 5.41) is 1.69. The van der Waals surface area contributed by atoms with E-state index in [1.807, 2.05) is 0 Å². The van der Waals surface area contributed by atoms with E-state index >= 15 is 0 Å². The predicted molar refractivity (Wildman–Crippen MR) is 91.8 cm³/mol. The standard InChI is InChI=1S/C18H13F8N3O/c19-11-12(20)14(22)16(15(23)13(11)21)29-7-5-28(6-8-29)10-3-1-9(2-4-10)27-17(30)18(24,25)26/h1-4H,5-8H2,(H,27,30). The number of carbonyl (C=O) groups excluding carboxylic acids is 1. The average Bonchev–Trinajstić information content (AvgIpc) is 2.71. The van der Waals surface area contributed by atoms with Crippen LogP contribution >= 0.6 is 0 Å². The molecule has 0 unspecified atom stereocenters. The first kappa shape index (κ1) is 21.7. The van der Waals surface area contributed by atoms with Gasteiger partial charge in [-0.25, -0.2) is 22.0 Å². The van der Waals surface area contributed by atoms with E-state index in [4.69, 9.17) is 0 Å². The van der Waals surface area contributed by atoms with E-state index in [-0.39, 0.29) is 31.9 Å². The highest BCUT2D eigenvalue weighted by Crippen LogP contribution is 2.31. The van der Waals surface area contributed by atoms with Gasteiger partial charge in [-0.3, -0.25) is 4.79 Å². The molecule has 2 aromatic rings. The van der Waals surface area contributed by atoms with Crippen LogP contribution in [0, 0.1) is 29.1 Å². The van der Waals surface area contributed by atoms with Crippen LogP contribution in [0.1, 0.15) is 0 Å². The summed E-state index contributed by atoms with van der Waals surface area (Å²) in [5.74, 6) is -12.2. The van der Waals surface area contributed by atoms with Crippen LogP contribution in [0.3, 0.4) is 0 Å². The second kappa shape index (κ2) is 8.00. The van der Waals surface area contributed by atoms with Crippen LogP contribution in [0.4, 0.5) is 52.2 Å². The highest BCUT2D eigenvalue weighted by atomic mass is 19.4. The van der Waals surface area contributed by atoms with E-state index in [0.717, 1.165) is 4.90 Å². The van der Waals surface area contributed by atoms with Gasteiger partial charge in [0, 0.05) is 37.6 Å². The molecule has 1 heterocycles. The number of rotatable bonds is 3. The van der Waals surface area contributed by atoms with Crippen molar-refractivity contribution in [3.05, 3.63) is 53.4 Å². The molecule has 1 fully saturated rings. The fourth-order valence-electron chi connectivity index (χ4n) is 3.02. The number of carbonyl (C=O) groups is 1. The highest BCUT2D eigenvalue weighted by molar-refractivity contribution is 5.95. The molecule has 0 aliphatic carbocycles. The summed E-state index contributed by atoms with van der Waals surface area (Å²) in [6, 6.07) is 5.35. The van der Waals surface area contributed by atoms with Gasteiger partial charge >= 0.3 is 12.1 Å². The van der Waals surface area contributed by atoms with Gasteiger partial charge in [-0.15, -0.1) is 0 Å². The zero-order valence-corrected chi connectivity index (χ0v) is 15.0. The second-order valence-electron chi connectivity index (χ2n) is 6.39. The molecular formula is C18H13F8N3O. The van der Waals surface area contributed by atoms with Gasteiger partial charge in [-0.1, -0.05) is 0 Å². The molecule has 0 spiro atoms. The van der Waals surface area contributed by atoms with Crippen molar-refractivity contribution in [2.75, 3.05) is 41.3 Å². The molecule has 1 N–H and O–H groups in total. The lowest BCUT2D eigenvalue weighted by atomic mass is 10.2. The molecule has 0 radical (unpaired) electrons. The largest absolute Gasteiger partial charge is 0.471 e. The summed E-state index contributed by atoms with van der Waals surface area (Å²) in [5.41, 5.74) is -0.547. The van der Waals surface area contributed by atoms with E-state index < -0.39 is 46.9 Å². The van der Waals surface area contributed by atoms with Crippen molar-refractivity contribution in [3.8, 4) is 0 Å². The minimum atomic E-state index is -5.03. The van der Waals surface area contributed by atoms with Gasteiger partial charge in [-0.05, 0) is 24.3 Å². The molecular weight excluding hydrogens is 426 g/mol. The maximum Gasteiger partial charge on any atom is 0.471 e. The highest BCUT2D eigenvalue weighted by Gasteiger charge is 2.38. The minimum Gasteiger partial charge on any atom is -0.368 e. The molecule has 1 aliphatic heterocycles. The molecule has 2 aromatic carbocycles. The van der Waals surface area contributed by atoms with Gasteiger partial charge in [0.1, 0.15) is 5.69 Å². The molecule has 4 nitrogen and oxygen atoms in total. The number of benzene rings is 2. The maximum atomic E-state index is 13.9. The number of anilines is 3. The Hall–Kier alpha value is -3.05. The van der Waals surface area contributed by atoms with Crippen molar-refractivity contribution in [3.63, 3.8) is 0 Å². The Morgan fingerprint density at radius 1 is 0.733 bits per heavy atom. The van der Waals surface area contributed by atoms with Crippen molar-refractivity contribution in [2.24, 2.45) is 0 Å². The van der Waals surface area contributed by atoms with Gasteiger partial charge < -0.3 is 15.1 Å². The van der Waals surface area contributed by atoms with Gasteiger partial charge in [0.05, 0.1) is 0 Å². The maximum absolute atomic E-state index is 13.9. The summed E-state index contributed by atoms with van der Waals surface area (Å²) in [7, 11) is 0. The van der Waals surface area contributed by atoms with E-state index in [2.05, 4.69) is 0 Å². The lowest BCUT2D eigenvalue weighted by molar-refractivity contribution is -0.167. The summed E-state index contributed by atoms with van der Waals surface area (Å²) >= 11 is 0. The average molecular weight is 439 g/mol. The molecule has 162 valence electrons. The third-order valence-electron chi connectivity index (χ3n) is 4.53. The van der Waals surface area contributed by atoms with Crippen LogP contribution in [0.15, 0.2) is 24.3 Å². The van der Waals surface area contributed by atoms with Gasteiger partial charge in [-0.2, -0.15) is 13.2 Å². The van der Waals surface area contributed by atoms with Gasteiger partial charge in [0.2, 0.25) is 5.82 Å². The van der Waals surface area contributed by atoms with E-state index in [1.54, 1.807) is 10.2 Å². The molecule has 1 aliphatic rings. The van der Waals surface area contributed by atoms with Crippen molar-refractivity contribution in [1.29, 1.82) is 0 Å². The molecule has 0 atom stereocenters. The smallest absolute Gasteiger partial charge is 0.368 e. The monoisotopic (exact) mass is 439 g/mol. The lowest BCUT2D eigenvalue weighted by Gasteiger charge is -2.37. The SMILES string of the molecule is O=C(Nc1ccc(N2CCN(c3c(F)c(F)c(F)c(F)c3F)CC2)cc1)C(F)(F)F.